The topological polar surface area (TPSA) is 58.2 Å². The highest BCUT2D eigenvalue weighted by atomic mass is 32.2. The van der Waals surface area contributed by atoms with Crippen molar-refractivity contribution in [1.82, 2.24) is 5.32 Å². The van der Waals surface area contributed by atoms with E-state index in [9.17, 15) is 8.42 Å². The lowest BCUT2D eigenvalue weighted by atomic mass is 9.99. The summed E-state index contributed by atoms with van der Waals surface area (Å²) in [5.41, 5.74) is 2.95. The third-order valence-corrected chi connectivity index (χ3v) is 7.01. The molecule has 4 rings (SSSR count). The first-order chi connectivity index (χ1) is 11.1. The number of fused-ring (bicyclic) bond motifs is 2. The van der Waals surface area contributed by atoms with Crippen molar-refractivity contribution in [3.05, 3.63) is 59.7 Å². The van der Waals surface area contributed by atoms with Crippen LogP contribution in [-0.2, 0) is 23.0 Å². The maximum atomic E-state index is 12.7. The number of nitrogens with one attached hydrogen (secondary N) is 2. The summed E-state index contributed by atoms with van der Waals surface area (Å²) in [5.74, 6) is 0. The van der Waals surface area contributed by atoms with Gasteiger partial charge in [-0.3, -0.25) is 4.72 Å². The number of benzene rings is 2. The Hall–Kier alpha value is -1.89. The van der Waals surface area contributed by atoms with Crippen molar-refractivity contribution in [3.8, 4) is 0 Å². The molecule has 0 saturated heterocycles. The van der Waals surface area contributed by atoms with Crippen LogP contribution in [0, 0.1) is 0 Å². The van der Waals surface area contributed by atoms with Crippen LogP contribution in [0.4, 0.5) is 5.69 Å². The van der Waals surface area contributed by atoms with Crippen molar-refractivity contribution in [2.45, 2.75) is 17.2 Å². The molecule has 118 valence electrons. The predicted octanol–water partition coefficient (Wildman–Crippen LogP) is 3.35. The summed E-state index contributed by atoms with van der Waals surface area (Å²) < 4.78 is 29.6. The van der Waals surface area contributed by atoms with Crippen LogP contribution in [0.15, 0.2) is 52.7 Å². The SMILES string of the molecule is O=S(=O)(Nc1cccc2c1CCNC2)c1cc2ccccc2s1. The molecule has 2 aromatic carbocycles. The zero-order chi connectivity index (χ0) is 15.9. The summed E-state index contributed by atoms with van der Waals surface area (Å²) in [6.07, 6.45) is 0.834. The van der Waals surface area contributed by atoms with Crippen LogP contribution in [0.1, 0.15) is 11.1 Å². The fourth-order valence-corrected chi connectivity index (χ4v) is 5.40. The standard InChI is InChI=1S/C17H16N2O2S2/c20-23(21,17-10-12-4-1-2-7-16(12)22-17)19-15-6-3-5-13-11-18-9-8-14(13)15/h1-7,10,18-19H,8-9,11H2. The van der Waals surface area contributed by atoms with Gasteiger partial charge in [-0.1, -0.05) is 30.3 Å². The number of rotatable bonds is 3. The molecule has 0 spiro atoms. The monoisotopic (exact) mass is 344 g/mol. The van der Waals surface area contributed by atoms with Crippen LogP contribution in [0.2, 0.25) is 0 Å². The van der Waals surface area contributed by atoms with Crippen LogP contribution in [0.25, 0.3) is 10.1 Å². The summed E-state index contributed by atoms with van der Waals surface area (Å²) in [5, 5.41) is 4.26. The Morgan fingerprint density at radius 1 is 1.09 bits per heavy atom. The van der Waals surface area contributed by atoms with Gasteiger partial charge in [0.05, 0.1) is 5.69 Å². The van der Waals surface area contributed by atoms with Crippen LogP contribution in [-0.4, -0.2) is 15.0 Å². The van der Waals surface area contributed by atoms with Gasteiger partial charge in [-0.05, 0) is 47.7 Å². The van der Waals surface area contributed by atoms with Crippen molar-refractivity contribution >= 4 is 37.1 Å². The highest BCUT2D eigenvalue weighted by Crippen LogP contribution is 2.31. The van der Waals surface area contributed by atoms with Gasteiger partial charge in [0.15, 0.2) is 0 Å². The van der Waals surface area contributed by atoms with E-state index in [1.165, 1.54) is 11.3 Å². The second-order valence-electron chi connectivity index (χ2n) is 5.58. The Balaban J connectivity index is 1.73. The van der Waals surface area contributed by atoms with Gasteiger partial charge in [0.1, 0.15) is 4.21 Å². The average molecular weight is 344 g/mol. The third kappa shape index (κ3) is 2.73. The summed E-state index contributed by atoms with van der Waals surface area (Å²) >= 11 is 1.30. The van der Waals surface area contributed by atoms with E-state index in [-0.39, 0.29) is 0 Å². The number of sulfonamides is 1. The minimum atomic E-state index is -3.56. The fourth-order valence-electron chi connectivity index (χ4n) is 2.91. The Labute approximate surface area is 139 Å². The molecule has 2 N–H and O–H groups in total. The first-order valence-corrected chi connectivity index (χ1v) is 9.76. The van der Waals surface area contributed by atoms with E-state index in [1.807, 2.05) is 42.5 Å². The molecule has 0 saturated carbocycles. The summed E-state index contributed by atoms with van der Waals surface area (Å²) in [7, 11) is -3.56. The quantitative estimate of drug-likeness (QED) is 0.766. The molecule has 0 unspecified atom stereocenters. The van der Waals surface area contributed by atoms with Crippen LogP contribution in [0.5, 0.6) is 0 Å². The van der Waals surface area contributed by atoms with E-state index in [0.29, 0.717) is 9.90 Å². The van der Waals surface area contributed by atoms with Gasteiger partial charge in [-0.25, -0.2) is 8.42 Å². The largest absolute Gasteiger partial charge is 0.312 e. The Bertz CT molecular complexity index is 944. The Morgan fingerprint density at radius 3 is 2.83 bits per heavy atom. The highest BCUT2D eigenvalue weighted by Gasteiger charge is 2.20. The molecule has 4 nitrogen and oxygen atoms in total. The van der Waals surface area contributed by atoms with Crippen molar-refractivity contribution in [3.63, 3.8) is 0 Å². The molecular weight excluding hydrogens is 328 g/mol. The van der Waals surface area contributed by atoms with Gasteiger partial charge < -0.3 is 5.32 Å². The van der Waals surface area contributed by atoms with Gasteiger partial charge in [-0.2, -0.15) is 0 Å². The minimum absolute atomic E-state index is 0.352. The molecule has 3 aromatic rings. The summed E-state index contributed by atoms with van der Waals surface area (Å²) in [6, 6.07) is 15.2. The van der Waals surface area contributed by atoms with Gasteiger partial charge in [0.2, 0.25) is 0 Å². The minimum Gasteiger partial charge on any atom is -0.312 e. The molecule has 23 heavy (non-hydrogen) atoms. The number of hydrogen-bond acceptors (Lipinski definition) is 4. The van der Waals surface area contributed by atoms with Crippen LogP contribution in [0.3, 0.4) is 0 Å². The molecule has 1 aromatic heterocycles. The van der Waals surface area contributed by atoms with E-state index in [2.05, 4.69) is 10.0 Å². The van der Waals surface area contributed by atoms with E-state index in [4.69, 9.17) is 0 Å². The molecule has 0 amide bonds. The number of thiophene rings is 1. The maximum absolute atomic E-state index is 12.7. The summed E-state index contributed by atoms with van der Waals surface area (Å²) in [6.45, 7) is 1.66. The lowest BCUT2D eigenvalue weighted by molar-refractivity contribution is 0.602. The van der Waals surface area contributed by atoms with Gasteiger partial charge in [-0.15, -0.1) is 11.3 Å². The van der Waals surface area contributed by atoms with E-state index >= 15 is 0 Å². The average Bonchev–Trinajstić information content (AvgIpc) is 3.00. The normalized spacial score (nSPS) is 14.6. The molecular formula is C17H16N2O2S2. The number of anilines is 1. The second-order valence-corrected chi connectivity index (χ2v) is 8.57. The highest BCUT2D eigenvalue weighted by molar-refractivity contribution is 7.94. The van der Waals surface area contributed by atoms with Crippen LogP contribution >= 0.6 is 11.3 Å². The number of hydrogen-bond donors (Lipinski definition) is 2. The molecule has 1 aliphatic rings. The first kappa shape index (κ1) is 14.7. The van der Waals surface area contributed by atoms with E-state index < -0.39 is 10.0 Å². The van der Waals surface area contributed by atoms with Gasteiger partial charge in [0.25, 0.3) is 10.0 Å². The van der Waals surface area contributed by atoms with Crippen molar-refractivity contribution in [2.75, 3.05) is 11.3 Å². The van der Waals surface area contributed by atoms with Gasteiger partial charge in [0, 0.05) is 11.2 Å². The van der Waals surface area contributed by atoms with Crippen molar-refractivity contribution in [2.24, 2.45) is 0 Å². The smallest absolute Gasteiger partial charge is 0.271 e. The molecule has 0 radical (unpaired) electrons. The van der Waals surface area contributed by atoms with Crippen LogP contribution < -0.4 is 10.0 Å². The zero-order valence-corrected chi connectivity index (χ0v) is 14.0. The fraction of sp³-hybridized carbons (Fsp3) is 0.176. The molecule has 0 aliphatic carbocycles. The van der Waals surface area contributed by atoms with Gasteiger partial charge >= 0.3 is 0 Å². The Morgan fingerprint density at radius 2 is 1.96 bits per heavy atom. The lowest BCUT2D eigenvalue weighted by Crippen LogP contribution is -2.25. The first-order valence-electron chi connectivity index (χ1n) is 7.46. The lowest BCUT2D eigenvalue weighted by Gasteiger charge is -2.20. The maximum Gasteiger partial charge on any atom is 0.271 e. The van der Waals surface area contributed by atoms with E-state index in [0.717, 1.165) is 40.7 Å². The third-order valence-electron chi connectivity index (χ3n) is 4.05. The predicted molar refractivity (Wildman–Crippen MR) is 94.5 cm³/mol. The molecule has 0 fully saturated rings. The molecule has 0 bridgehead atoms. The molecule has 6 heteroatoms. The molecule has 0 atom stereocenters. The summed E-state index contributed by atoms with van der Waals surface area (Å²) in [4.78, 5) is 0. The van der Waals surface area contributed by atoms with E-state index in [1.54, 1.807) is 6.07 Å². The van der Waals surface area contributed by atoms with Crippen molar-refractivity contribution < 1.29 is 8.42 Å². The second kappa shape index (κ2) is 5.63. The Kier molecular flexibility index (Phi) is 3.60. The molecule has 1 aliphatic heterocycles. The molecule has 2 heterocycles. The van der Waals surface area contributed by atoms with Crippen molar-refractivity contribution in [1.29, 1.82) is 0 Å². The zero-order valence-electron chi connectivity index (χ0n) is 12.4.